The van der Waals surface area contributed by atoms with E-state index in [1.54, 1.807) is 12.8 Å². The van der Waals surface area contributed by atoms with Crippen LogP contribution in [0.4, 0.5) is 0 Å². The minimum atomic E-state index is 0.294. The van der Waals surface area contributed by atoms with Crippen molar-refractivity contribution in [3.63, 3.8) is 0 Å². The fourth-order valence-corrected chi connectivity index (χ4v) is 8.30. The van der Waals surface area contributed by atoms with Gasteiger partial charge in [-0.25, -0.2) is 4.84 Å². The molecular formula is C16H24ClN. The first kappa shape index (κ1) is 11.0. The van der Waals surface area contributed by atoms with Crippen LogP contribution in [-0.2, 0) is 0 Å². The maximum absolute atomic E-state index is 6.20. The van der Waals surface area contributed by atoms with Crippen molar-refractivity contribution < 1.29 is 0 Å². The van der Waals surface area contributed by atoms with E-state index in [0.29, 0.717) is 16.4 Å². The summed E-state index contributed by atoms with van der Waals surface area (Å²) in [4.78, 5) is 3.25. The van der Waals surface area contributed by atoms with Gasteiger partial charge in [-0.2, -0.15) is 0 Å². The molecule has 0 amide bonds. The molecule has 0 spiro atoms. The Morgan fingerprint density at radius 2 is 1.50 bits per heavy atom. The maximum Gasteiger partial charge on any atom is 0.0343 e. The quantitative estimate of drug-likeness (QED) is 0.708. The van der Waals surface area contributed by atoms with E-state index in [4.69, 9.17) is 11.8 Å². The summed E-state index contributed by atoms with van der Waals surface area (Å²) in [5.41, 5.74) is 1.58. The number of hydrogen-bond donors (Lipinski definition) is 1. The molecule has 0 saturated heterocycles. The molecule has 100 valence electrons. The summed E-state index contributed by atoms with van der Waals surface area (Å²) in [5, 5.41) is 0. The monoisotopic (exact) mass is 265 g/mol. The molecule has 1 nitrogen and oxygen atoms in total. The Morgan fingerprint density at radius 3 is 2.06 bits per heavy atom. The maximum atomic E-state index is 6.20. The van der Waals surface area contributed by atoms with Crippen molar-refractivity contribution in [2.24, 2.45) is 40.4 Å². The third-order valence-corrected chi connectivity index (χ3v) is 8.80. The lowest BCUT2D eigenvalue weighted by atomic mass is 9.26. The van der Waals surface area contributed by atoms with Crippen LogP contribution < -0.4 is 4.84 Å². The first-order valence-electron chi connectivity index (χ1n) is 7.89. The van der Waals surface area contributed by atoms with Gasteiger partial charge in [0, 0.05) is 5.54 Å². The standard InChI is InChI=1S/C16H24ClN/c1-14-5-9-3-10-12(14)6-16(18-17)7-13(14)11(4-9)15(10,2)8-16/h9-13,18H,3-8H2,1-2H3. The number of hydrogen-bond acceptors (Lipinski definition) is 1. The van der Waals surface area contributed by atoms with Gasteiger partial charge in [0.25, 0.3) is 0 Å². The first-order chi connectivity index (χ1) is 8.51. The van der Waals surface area contributed by atoms with Crippen molar-refractivity contribution >= 4 is 11.8 Å². The minimum absolute atomic E-state index is 0.294. The highest BCUT2D eigenvalue weighted by atomic mass is 35.5. The molecule has 7 saturated carbocycles. The highest BCUT2D eigenvalue weighted by molar-refractivity contribution is 6.13. The molecular weight excluding hydrogens is 242 g/mol. The summed E-state index contributed by atoms with van der Waals surface area (Å²) in [6.45, 7) is 5.25. The van der Waals surface area contributed by atoms with Crippen LogP contribution in [-0.4, -0.2) is 5.54 Å². The van der Waals surface area contributed by atoms with Crippen molar-refractivity contribution in [2.45, 2.75) is 57.9 Å². The smallest absolute Gasteiger partial charge is 0.0343 e. The van der Waals surface area contributed by atoms with Gasteiger partial charge in [0.2, 0.25) is 0 Å². The second-order valence-corrected chi connectivity index (χ2v) is 9.13. The van der Waals surface area contributed by atoms with Gasteiger partial charge in [0.1, 0.15) is 0 Å². The van der Waals surface area contributed by atoms with Gasteiger partial charge < -0.3 is 0 Å². The van der Waals surface area contributed by atoms with Crippen LogP contribution in [0, 0.1) is 40.4 Å². The molecule has 7 rings (SSSR count). The fraction of sp³-hybridized carbons (Fsp3) is 1.00. The fourth-order valence-electron chi connectivity index (χ4n) is 8.08. The van der Waals surface area contributed by atoms with Crippen molar-refractivity contribution in [3.8, 4) is 0 Å². The van der Waals surface area contributed by atoms with Crippen molar-refractivity contribution in [1.29, 1.82) is 0 Å². The molecule has 4 atom stereocenters. The zero-order valence-corrected chi connectivity index (χ0v) is 12.3. The SMILES string of the molecule is CC12CC3CC4C1CC1(NCl)CC2C(C3)C4(C)C1. The summed E-state index contributed by atoms with van der Waals surface area (Å²) < 4.78 is 0. The van der Waals surface area contributed by atoms with E-state index in [0.717, 1.165) is 29.6 Å². The minimum Gasteiger partial charge on any atom is -0.227 e. The largest absolute Gasteiger partial charge is 0.227 e. The zero-order chi connectivity index (χ0) is 12.3. The van der Waals surface area contributed by atoms with E-state index in [1.807, 2.05) is 0 Å². The van der Waals surface area contributed by atoms with Crippen LogP contribution in [0.5, 0.6) is 0 Å². The van der Waals surface area contributed by atoms with Crippen LogP contribution in [0.1, 0.15) is 52.4 Å². The molecule has 0 aliphatic heterocycles. The molecule has 7 aliphatic rings. The molecule has 18 heavy (non-hydrogen) atoms. The topological polar surface area (TPSA) is 12.0 Å². The van der Waals surface area contributed by atoms with E-state index < -0.39 is 0 Å². The number of halogens is 1. The molecule has 7 fully saturated rings. The number of nitrogens with one attached hydrogen (secondary N) is 1. The lowest BCUT2D eigenvalue weighted by Gasteiger charge is -2.79. The highest BCUT2D eigenvalue weighted by Gasteiger charge is 2.75. The molecule has 8 bridgehead atoms. The summed E-state index contributed by atoms with van der Waals surface area (Å²) in [6, 6.07) is 0. The molecule has 2 heteroatoms. The molecule has 0 aromatic rings. The Labute approximate surface area is 115 Å². The van der Waals surface area contributed by atoms with Gasteiger partial charge in [-0.1, -0.05) is 13.8 Å². The van der Waals surface area contributed by atoms with Crippen LogP contribution in [0.2, 0.25) is 0 Å². The normalized spacial score (nSPS) is 71.2. The van der Waals surface area contributed by atoms with Crippen molar-refractivity contribution in [2.75, 3.05) is 0 Å². The van der Waals surface area contributed by atoms with Crippen LogP contribution in [0.15, 0.2) is 0 Å². The zero-order valence-electron chi connectivity index (χ0n) is 11.5. The van der Waals surface area contributed by atoms with Gasteiger partial charge in [-0.15, -0.1) is 0 Å². The van der Waals surface area contributed by atoms with E-state index in [1.165, 1.54) is 25.7 Å². The summed E-state index contributed by atoms with van der Waals surface area (Å²) >= 11 is 6.20. The van der Waals surface area contributed by atoms with Crippen molar-refractivity contribution in [3.05, 3.63) is 0 Å². The van der Waals surface area contributed by atoms with E-state index >= 15 is 0 Å². The Bertz CT molecular complexity index is 407. The van der Waals surface area contributed by atoms with E-state index in [9.17, 15) is 0 Å². The molecule has 0 aromatic carbocycles. The molecule has 1 N–H and O–H groups in total. The summed E-state index contributed by atoms with van der Waals surface area (Å²) in [7, 11) is 0. The Kier molecular flexibility index (Phi) is 1.71. The van der Waals surface area contributed by atoms with Gasteiger partial charge >= 0.3 is 0 Å². The molecule has 0 radical (unpaired) electrons. The molecule has 4 unspecified atom stereocenters. The lowest BCUT2D eigenvalue weighted by Crippen LogP contribution is -2.76. The average molecular weight is 266 g/mol. The third-order valence-electron chi connectivity index (χ3n) is 8.40. The van der Waals surface area contributed by atoms with Gasteiger partial charge in [-0.05, 0) is 90.7 Å². The Morgan fingerprint density at radius 1 is 0.889 bits per heavy atom. The van der Waals surface area contributed by atoms with Crippen molar-refractivity contribution in [1.82, 2.24) is 4.84 Å². The van der Waals surface area contributed by atoms with Crippen LogP contribution >= 0.6 is 11.8 Å². The molecule has 0 aromatic heterocycles. The highest BCUT2D eigenvalue weighted by Crippen LogP contribution is 2.80. The summed E-state index contributed by atoms with van der Waals surface area (Å²) in [6.07, 6.45) is 8.70. The van der Waals surface area contributed by atoms with E-state index in [-0.39, 0.29) is 0 Å². The van der Waals surface area contributed by atoms with Gasteiger partial charge in [0.15, 0.2) is 0 Å². The molecule has 0 heterocycles. The van der Waals surface area contributed by atoms with Crippen LogP contribution in [0.3, 0.4) is 0 Å². The average Bonchev–Trinajstić information content (AvgIpc) is 2.35. The first-order valence-corrected chi connectivity index (χ1v) is 8.26. The second-order valence-electron chi connectivity index (χ2n) is 8.94. The summed E-state index contributed by atoms with van der Waals surface area (Å²) in [5.74, 6) is 5.05. The lowest BCUT2D eigenvalue weighted by molar-refractivity contribution is -0.293. The van der Waals surface area contributed by atoms with Crippen LogP contribution in [0.25, 0.3) is 0 Å². The number of rotatable bonds is 1. The molecule has 7 aliphatic carbocycles. The predicted octanol–water partition coefficient (Wildman–Crippen LogP) is 3.97. The Hall–Kier alpha value is 0.250. The third kappa shape index (κ3) is 0.915. The van der Waals surface area contributed by atoms with Gasteiger partial charge in [0.05, 0.1) is 0 Å². The Balaban J connectivity index is 1.72. The van der Waals surface area contributed by atoms with Gasteiger partial charge in [-0.3, -0.25) is 0 Å². The van der Waals surface area contributed by atoms with E-state index in [2.05, 4.69) is 18.7 Å². The second kappa shape index (κ2) is 2.81. The predicted molar refractivity (Wildman–Crippen MR) is 73.1 cm³/mol.